The van der Waals surface area contributed by atoms with E-state index in [9.17, 15) is 25.2 Å². The van der Waals surface area contributed by atoms with Gasteiger partial charge in [-0.1, -0.05) is 27.7 Å². The van der Waals surface area contributed by atoms with Gasteiger partial charge in [-0.05, 0) is 11.8 Å². The first-order valence-corrected chi connectivity index (χ1v) is 8.17. The summed E-state index contributed by atoms with van der Waals surface area (Å²) in [6.45, 7) is 11.2. The van der Waals surface area contributed by atoms with E-state index < -0.39 is 7.81 Å². The van der Waals surface area contributed by atoms with Crippen LogP contribution in [0.4, 0.5) is 25.2 Å². The molecule has 0 saturated heterocycles. The monoisotopic (exact) mass is 326 g/mol. The second kappa shape index (κ2) is 5.54. The predicted molar refractivity (Wildman–Crippen MR) is 67.9 cm³/mol. The van der Waals surface area contributed by atoms with Crippen molar-refractivity contribution in [1.82, 2.24) is 4.57 Å². The quantitative estimate of drug-likeness (QED) is 0.394. The number of nitrogens with zero attached hydrogens (tertiary/aromatic N) is 2. The molecule has 1 heterocycles. The summed E-state index contributed by atoms with van der Waals surface area (Å²) in [6.07, 6.45) is 6.50. The third kappa shape index (κ3) is 17.2. The van der Waals surface area contributed by atoms with Crippen LogP contribution in [0, 0.1) is 11.8 Å². The third-order valence-corrected chi connectivity index (χ3v) is 1.90. The van der Waals surface area contributed by atoms with E-state index in [2.05, 4.69) is 55.6 Å². The van der Waals surface area contributed by atoms with Crippen LogP contribution < -0.4 is 4.57 Å². The molecule has 0 aliphatic rings. The van der Waals surface area contributed by atoms with Crippen LogP contribution in [0.2, 0.25) is 0 Å². The van der Waals surface area contributed by atoms with Crippen molar-refractivity contribution in [3.8, 4) is 0 Å². The van der Waals surface area contributed by atoms with Crippen LogP contribution in [0.5, 0.6) is 0 Å². The number of hydrogen-bond donors (Lipinski definition) is 0. The molecule has 20 heavy (non-hydrogen) atoms. The van der Waals surface area contributed by atoms with Gasteiger partial charge >= 0.3 is 33.0 Å². The average molecular weight is 326 g/mol. The Bertz CT molecular complexity index is 384. The minimum atomic E-state index is -10.7. The molecule has 0 spiro atoms. The molecule has 0 fully saturated rings. The molecule has 9 heteroatoms. The number of rotatable bonds is 4. The van der Waals surface area contributed by atoms with E-state index in [1.165, 1.54) is 0 Å². The normalized spacial score (nSPS) is 15.6. The van der Waals surface area contributed by atoms with Crippen LogP contribution in [0.25, 0.3) is 0 Å². The predicted octanol–water partition coefficient (Wildman–Crippen LogP) is 5.47. The summed E-state index contributed by atoms with van der Waals surface area (Å²) in [7, 11) is -10.7. The van der Waals surface area contributed by atoms with Gasteiger partial charge < -0.3 is 0 Å². The fourth-order valence-corrected chi connectivity index (χ4v) is 1.50. The first-order chi connectivity index (χ1) is 8.52. The van der Waals surface area contributed by atoms with Gasteiger partial charge in [0.2, 0.25) is 6.33 Å². The molecule has 0 atom stereocenters. The summed E-state index contributed by atoms with van der Waals surface area (Å²) >= 11 is 0. The summed E-state index contributed by atoms with van der Waals surface area (Å²) < 4.78 is 63.7. The Hall–Kier alpha value is -0.780. The van der Waals surface area contributed by atoms with Crippen LogP contribution in [-0.4, -0.2) is 4.57 Å². The van der Waals surface area contributed by atoms with Gasteiger partial charge in [0.1, 0.15) is 12.4 Å². The van der Waals surface area contributed by atoms with Crippen LogP contribution >= 0.6 is 7.81 Å². The molecule has 1 aromatic rings. The molecule has 0 radical (unpaired) electrons. The number of aromatic nitrogens is 2. The Balaban J connectivity index is 0.000000441. The molecule has 0 unspecified atom stereocenters. The van der Waals surface area contributed by atoms with Crippen molar-refractivity contribution in [3.05, 3.63) is 18.7 Å². The van der Waals surface area contributed by atoms with E-state index in [1.54, 1.807) is 0 Å². The van der Waals surface area contributed by atoms with Crippen molar-refractivity contribution in [2.45, 2.75) is 40.8 Å². The molecule has 2 nitrogen and oxygen atoms in total. The molecule has 122 valence electrons. The summed E-state index contributed by atoms with van der Waals surface area (Å²) in [5.41, 5.74) is 0. The third-order valence-electron chi connectivity index (χ3n) is 1.90. The molecular formula is C11H21F6N2P. The molecule has 0 amide bonds. The molecular weight excluding hydrogens is 305 g/mol. The van der Waals surface area contributed by atoms with E-state index >= 15 is 0 Å². The number of halogens is 6. The summed E-state index contributed by atoms with van der Waals surface area (Å²) in [4.78, 5) is 0. The van der Waals surface area contributed by atoms with E-state index in [0.29, 0.717) is 0 Å². The molecule has 0 saturated carbocycles. The van der Waals surface area contributed by atoms with Gasteiger partial charge in [-0.2, -0.15) is 0 Å². The van der Waals surface area contributed by atoms with Crippen molar-refractivity contribution in [2.24, 2.45) is 11.8 Å². The Kier molecular flexibility index (Phi) is 5.33. The van der Waals surface area contributed by atoms with Crippen LogP contribution in [-0.2, 0) is 13.1 Å². The van der Waals surface area contributed by atoms with Gasteiger partial charge in [0.25, 0.3) is 0 Å². The van der Waals surface area contributed by atoms with Gasteiger partial charge in [-0.15, -0.1) is 0 Å². The zero-order chi connectivity index (χ0) is 16.3. The fraction of sp³-hybridized carbons (Fsp3) is 0.727. The van der Waals surface area contributed by atoms with E-state index in [1.807, 2.05) is 0 Å². The minimum absolute atomic E-state index is 0.722. The first kappa shape index (κ1) is 19.2. The number of hydrogen-bond acceptors (Lipinski definition) is 0. The van der Waals surface area contributed by atoms with Gasteiger partial charge in [-0.25, -0.2) is 9.13 Å². The Morgan fingerprint density at radius 3 is 1.75 bits per heavy atom. The average Bonchev–Trinajstić information content (AvgIpc) is 2.43. The Morgan fingerprint density at radius 2 is 1.40 bits per heavy atom. The fourth-order valence-electron chi connectivity index (χ4n) is 1.50. The number of imidazole rings is 1. The SMILES string of the molecule is CC(C)Cn1cc[n+](CC(C)C)c1.F[P-](F)(F)(F)(F)F. The second-order valence-electron chi connectivity index (χ2n) is 5.55. The van der Waals surface area contributed by atoms with Crippen LogP contribution in [0.3, 0.4) is 0 Å². The zero-order valence-electron chi connectivity index (χ0n) is 11.9. The summed E-state index contributed by atoms with van der Waals surface area (Å²) in [6, 6.07) is 0. The van der Waals surface area contributed by atoms with Crippen molar-refractivity contribution in [3.63, 3.8) is 0 Å². The molecule has 1 rings (SSSR count). The van der Waals surface area contributed by atoms with E-state index in [4.69, 9.17) is 0 Å². The first-order valence-electron chi connectivity index (χ1n) is 6.14. The van der Waals surface area contributed by atoms with Crippen molar-refractivity contribution < 1.29 is 29.7 Å². The Morgan fingerprint density at radius 1 is 0.950 bits per heavy atom. The van der Waals surface area contributed by atoms with E-state index in [-0.39, 0.29) is 0 Å². The van der Waals surface area contributed by atoms with Crippen LogP contribution in [0.1, 0.15) is 27.7 Å². The summed E-state index contributed by atoms with van der Waals surface area (Å²) in [5, 5.41) is 0. The van der Waals surface area contributed by atoms with E-state index in [0.717, 1.165) is 24.9 Å². The maximum atomic E-state index is 9.87. The topological polar surface area (TPSA) is 8.81 Å². The Labute approximate surface area is 114 Å². The standard InChI is InChI=1S/C11H21N2.F6P/c1-10(2)7-12-5-6-13(9-12)8-11(3)4;1-7(2,3,4,5)6/h5-6,9-11H,7-8H2,1-4H3;/q+1;-1. The molecule has 1 aromatic heterocycles. The van der Waals surface area contributed by atoms with Crippen LogP contribution in [0.15, 0.2) is 18.7 Å². The van der Waals surface area contributed by atoms with Crippen molar-refractivity contribution in [1.29, 1.82) is 0 Å². The molecule has 0 aromatic carbocycles. The molecule has 0 N–H and O–H groups in total. The van der Waals surface area contributed by atoms with Gasteiger partial charge in [0.05, 0.1) is 13.1 Å². The second-order valence-corrected chi connectivity index (χ2v) is 7.47. The molecule has 0 bridgehead atoms. The van der Waals surface area contributed by atoms with Gasteiger partial charge in [0, 0.05) is 0 Å². The van der Waals surface area contributed by atoms with Gasteiger partial charge in [0.15, 0.2) is 0 Å². The molecule has 0 aliphatic heterocycles. The van der Waals surface area contributed by atoms with Gasteiger partial charge in [-0.3, -0.25) is 0 Å². The maximum absolute atomic E-state index is 10.7. The van der Waals surface area contributed by atoms with Crippen molar-refractivity contribution in [2.75, 3.05) is 0 Å². The molecule has 0 aliphatic carbocycles. The van der Waals surface area contributed by atoms with Crippen molar-refractivity contribution >= 4 is 7.81 Å². The summed E-state index contributed by atoms with van der Waals surface area (Å²) in [5.74, 6) is 1.44. The zero-order valence-corrected chi connectivity index (χ0v) is 12.8.